The van der Waals surface area contributed by atoms with Crippen LogP contribution in [0.1, 0.15) is 38.6 Å². The monoisotopic (exact) mass is 484 g/mol. The van der Waals surface area contributed by atoms with E-state index >= 15 is 0 Å². The highest BCUT2D eigenvalue weighted by Crippen LogP contribution is 2.39. The Morgan fingerprint density at radius 3 is 2.67 bits per heavy atom. The molecule has 2 aliphatic rings. The van der Waals surface area contributed by atoms with E-state index in [1.165, 1.54) is 24.6 Å². The summed E-state index contributed by atoms with van der Waals surface area (Å²) in [5, 5.41) is 12.9. The average Bonchev–Trinajstić information content (AvgIpc) is 3.49. The van der Waals surface area contributed by atoms with Gasteiger partial charge < -0.3 is 14.8 Å². The zero-order valence-corrected chi connectivity index (χ0v) is 19.9. The molecule has 9 heteroatoms. The van der Waals surface area contributed by atoms with Crippen LogP contribution in [0.15, 0.2) is 47.6 Å². The van der Waals surface area contributed by atoms with Crippen LogP contribution in [0.5, 0.6) is 11.5 Å². The highest BCUT2D eigenvalue weighted by Gasteiger charge is 2.28. The number of aromatic nitrogens is 3. The molecule has 1 atom stereocenters. The molecule has 33 heavy (non-hydrogen) atoms. The van der Waals surface area contributed by atoms with Gasteiger partial charge in [0.05, 0.1) is 10.3 Å². The minimum absolute atomic E-state index is 0.114. The summed E-state index contributed by atoms with van der Waals surface area (Å²) in [4.78, 5) is 13.0. The van der Waals surface area contributed by atoms with E-state index in [1.807, 2.05) is 43.3 Å². The van der Waals surface area contributed by atoms with Crippen LogP contribution in [-0.2, 0) is 4.79 Å². The first-order chi connectivity index (χ1) is 16.1. The number of rotatable bonds is 6. The molecule has 1 fully saturated rings. The topological polar surface area (TPSA) is 78.3 Å². The second-order valence-corrected chi connectivity index (χ2v) is 9.92. The predicted molar refractivity (Wildman–Crippen MR) is 129 cm³/mol. The molecule has 1 saturated carbocycles. The third-order valence-corrected chi connectivity index (χ3v) is 7.32. The highest BCUT2D eigenvalue weighted by molar-refractivity contribution is 8.00. The number of thioether (sulfide) groups is 1. The molecule has 0 radical (unpaired) electrons. The fourth-order valence-electron chi connectivity index (χ4n) is 4.25. The number of hydrogen-bond acceptors (Lipinski definition) is 6. The van der Waals surface area contributed by atoms with Gasteiger partial charge in [-0.25, -0.2) is 0 Å². The average molecular weight is 485 g/mol. The number of nitrogens with zero attached hydrogens (tertiary/aromatic N) is 3. The van der Waals surface area contributed by atoms with Crippen molar-refractivity contribution in [3.05, 3.63) is 47.5 Å². The zero-order chi connectivity index (χ0) is 22.8. The molecule has 0 spiro atoms. The molecule has 0 saturated heterocycles. The number of carbonyl (C=O) groups is 1. The van der Waals surface area contributed by atoms with Gasteiger partial charge in [-0.3, -0.25) is 9.36 Å². The van der Waals surface area contributed by atoms with Crippen molar-refractivity contribution in [1.29, 1.82) is 0 Å². The molecule has 0 unspecified atom stereocenters. The number of hydrogen-bond donors (Lipinski definition) is 1. The second-order valence-electron chi connectivity index (χ2n) is 8.20. The maximum absolute atomic E-state index is 13.0. The number of amides is 1. The SMILES string of the molecule is C[C@H](Sc1nnc(-c2ccccc2Cl)n1C1CCCC1)C(=O)Nc1ccc2c(c1)OCCO2. The van der Waals surface area contributed by atoms with E-state index in [0.717, 1.165) is 29.4 Å². The maximum atomic E-state index is 13.0. The van der Waals surface area contributed by atoms with E-state index in [9.17, 15) is 4.79 Å². The van der Waals surface area contributed by atoms with Crippen molar-refractivity contribution >= 4 is 35.0 Å². The first kappa shape index (κ1) is 22.1. The quantitative estimate of drug-likeness (QED) is 0.458. The molecule has 2 heterocycles. The van der Waals surface area contributed by atoms with Crippen LogP contribution in [-0.4, -0.2) is 39.1 Å². The molecule has 1 aliphatic heterocycles. The number of nitrogens with one attached hydrogen (secondary N) is 1. The van der Waals surface area contributed by atoms with Crippen LogP contribution in [0.4, 0.5) is 5.69 Å². The summed E-state index contributed by atoms with van der Waals surface area (Å²) in [6.07, 6.45) is 4.49. The minimum Gasteiger partial charge on any atom is -0.486 e. The predicted octanol–water partition coefficient (Wildman–Crippen LogP) is 5.60. The van der Waals surface area contributed by atoms with Crippen molar-refractivity contribution in [2.24, 2.45) is 0 Å². The standard InChI is InChI=1S/C24H25ClN4O3S/c1-15(23(30)26-16-10-11-20-21(14-16)32-13-12-31-20)33-24-28-27-22(18-8-4-5-9-19(18)25)29(24)17-6-2-3-7-17/h4-5,8-11,14-15,17H,2-3,6-7,12-13H2,1H3,(H,26,30)/t15-/m0/s1. The second kappa shape index (κ2) is 9.65. The van der Waals surface area contributed by atoms with Crippen LogP contribution in [0.2, 0.25) is 5.02 Å². The van der Waals surface area contributed by atoms with Crippen LogP contribution < -0.4 is 14.8 Å². The molecule has 0 bridgehead atoms. The van der Waals surface area contributed by atoms with Crippen molar-refractivity contribution in [3.63, 3.8) is 0 Å². The van der Waals surface area contributed by atoms with Crippen LogP contribution in [0.25, 0.3) is 11.4 Å². The van der Waals surface area contributed by atoms with E-state index < -0.39 is 0 Å². The lowest BCUT2D eigenvalue weighted by molar-refractivity contribution is -0.115. The lowest BCUT2D eigenvalue weighted by Crippen LogP contribution is -2.23. The molecule has 1 aromatic heterocycles. The van der Waals surface area contributed by atoms with E-state index in [0.29, 0.717) is 41.5 Å². The summed E-state index contributed by atoms with van der Waals surface area (Å²) >= 11 is 7.89. The van der Waals surface area contributed by atoms with Gasteiger partial charge >= 0.3 is 0 Å². The van der Waals surface area contributed by atoms with E-state index in [2.05, 4.69) is 20.1 Å². The Morgan fingerprint density at radius 1 is 1.12 bits per heavy atom. The fourth-order valence-corrected chi connectivity index (χ4v) is 5.39. The molecule has 1 N–H and O–H groups in total. The normalized spacial score (nSPS) is 16.5. The lowest BCUT2D eigenvalue weighted by atomic mass is 10.2. The number of anilines is 1. The Morgan fingerprint density at radius 2 is 1.88 bits per heavy atom. The van der Waals surface area contributed by atoms with Crippen molar-refractivity contribution < 1.29 is 14.3 Å². The van der Waals surface area contributed by atoms with Crippen molar-refractivity contribution in [1.82, 2.24) is 14.8 Å². The van der Waals surface area contributed by atoms with Gasteiger partial charge in [-0.15, -0.1) is 10.2 Å². The fraction of sp³-hybridized carbons (Fsp3) is 0.375. The number of benzene rings is 2. The third-order valence-electron chi connectivity index (χ3n) is 5.93. The number of halogens is 1. The largest absolute Gasteiger partial charge is 0.486 e. The molecule has 2 aromatic carbocycles. The van der Waals surface area contributed by atoms with Gasteiger partial charge in [0.1, 0.15) is 13.2 Å². The maximum Gasteiger partial charge on any atom is 0.237 e. The van der Waals surface area contributed by atoms with Crippen molar-refractivity contribution in [2.75, 3.05) is 18.5 Å². The summed E-state index contributed by atoms with van der Waals surface area (Å²) < 4.78 is 13.3. The van der Waals surface area contributed by atoms with Crippen LogP contribution in [0, 0.1) is 0 Å². The van der Waals surface area contributed by atoms with Crippen molar-refractivity contribution in [3.8, 4) is 22.9 Å². The smallest absolute Gasteiger partial charge is 0.237 e. The first-order valence-electron chi connectivity index (χ1n) is 11.2. The lowest BCUT2D eigenvalue weighted by Gasteiger charge is -2.20. The van der Waals surface area contributed by atoms with E-state index in [1.54, 1.807) is 6.07 Å². The summed E-state index contributed by atoms with van der Waals surface area (Å²) in [7, 11) is 0. The number of fused-ring (bicyclic) bond motifs is 1. The summed E-state index contributed by atoms with van der Waals surface area (Å²) in [6, 6.07) is 13.4. The first-order valence-corrected chi connectivity index (χ1v) is 12.4. The molecule has 172 valence electrons. The molecule has 5 rings (SSSR count). The van der Waals surface area contributed by atoms with Gasteiger partial charge in [-0.1, -0.05) is 48.3 Å². The third kappa shape index (κ3) is 4.68. The zero-order valence-electron chi connectivity index (χ0n) is 18.3. The summed E-state index contributed by atoms with van der Waals surface area (Å²) in [5.74, 6) is 1.98. The van der Waals surface area contributed by atoms with Gasteiger partial charge in [0, 0.05) is 23.4 Å². The Hall–Kier alpha value is -2.71. The van der Waals surface area contributed by atoms with Gasteiger partial charge in [-0.2, -0.15) is 0 Å². The Bertz CT molecular complexity index is 1160. The summed E-state index contributed by atoms with van der Waals surface area (Å²) in [5.41, 5.74) is 1.53. The minimum atomic E-state index is -0.373. The molecule has 3 aromatic rings. The Labute approximate surface area is 201 Å². The van der Waals surface area contributed by atoms with Crippen molar-refractivity contribution in [2.45, 2.75) is 49.1 Å². The Kier molecular flexibility index (Phi) is 6.46. The molecule has 1 aliphatic carbocycles. The molecular formula is C24H25ClN4O3S. The van der Waals surface area contributed by atoms with Gasteiger partial charge in [0.25, 0.3) is 0 Å². The summed E-state index contributed by atoms with van der Waals surface area (Å²) in [6.45, 7) is 2.91. The molecule has 7 nitrogen and oxygen atoms in total. The molecular weight excluding hydrogens is 460 g/mol. The van der Waals surface area contributed by atoms with Crippen LogP contribution >= 0.6 is 23.4 Å². The Balaban J connectivity index is 1.36. The van der Waals surface area contributed by atoms with E-state index in [4.69, 9.17) is 21.1 Å². The van der Waals surface area contributed by atoms with Gasteiger partial charge in [0.15, 0.2) is 22.5 Å². The van der Waals surface area contributed by atoms with Gasteiger partial charge in [0.2, 0.25) is 5.91 Å². The van der Waals surface area contributed by atoms with Crippen LogP contribution in [0.3, 0.4) is 0 Å². The highest BCUT2D eigenvalue weighted by atomic mass is 35.5. The number of carbonyl (C=O) groups excluding carboxylic acids is 1. The number of ether oxygens (including phenoxy) is 2. The van der Waals surface area contributed by atoms with Gasteiger partial charge in [-0.05, 0) is 44.0 Å². The molecule has 1 amide bonds. The van der Waals surface area contributed by atoms with E-state index in [-0.39, 0.29) is 11.2 Å².